The third-order valence-electron chi connectivity index (χ3n) is 2.91. The van der Waals surface area contributed by atoms with Gasteiger partial charge in [-0.1, -0.05) is 0 Å². The number of rotatable bonds is 3. The van der Waals surface area contributed by atoms with Crippen LogP contribution in [0.3, 0.4) is 0 Å². The van der Waals surface area contributed by atoms with Crippen LogP contribution >= 0.6 is 15.9 Å². The van der Waals surface area contributed by atoms with Crippen molar-refractivity contribution in [2.24, 2.45) is 0 Å². The van der Waals surface area contributed by atoms with Crippen molar-refractivity contribution in [3.05, 3.63) is 51.0 Å². The third kappa shape index (κ3) is 2.68. The van der Waals surface area contributed by atoms with Crippen LogP contribution in [-0.2, 0) is 6.54 Å². The Morgan fingerprint density at radius 2 is 2.16 bits per heavy atom. The van der Waals surface area contributed by atoms with Gasteiger partial charge in [-0.15, -0.1) is 0 Å². The van der Waals surface area contributed by atoms with Gasteiger partial charge in [0.25, 0.3) is 0 Å². The highest BCUT2D eigenvalue weighted by atomic mass is 79.9. The Morgan fingerprint density at radius 1 is 1.47 bits per heavy atom. The molecule has 0 fully saturated rings. The van der Waals surface area contributed by atoms with Gasteiger partial charge in [-0.05, 0) is 48.0 Å². The van der Waals surface area contributed by atoms with Gasteiger partial charge in [-0.25, -0.2) is 9.18 Å². The van der Waals surface area contributed by atoms with Crippen LogP contribution in [0.4, 0.5) is 4.39 Å². The van der Waals surface area contributed by atoms with Gasteiger partial charge in [0, 0.05) is 5.56 Å². The van der Waals surface area contributed by atoms with Crippen molar-refractivity contribution in [3.8, 4) is 0 Å². The molecule has 2 aromatic rings. The molecule has 2 rings (SSSR count). The van der Waals surface area contributed by atoms with Crippen LogP contribution in [0.25, 0.3) is 0 Å². The van der Waals surface area contributed by atoms with Gasteiger partial charge in [-0.2, -0.15) is 5.10 Å². The zero-order valence-electron chi connectivity index (χ0n) is 10.4. The molecular weight excluding hydrogens is 315 g/mol. The Hall–Kier alpha value is -1.69. The van der Waals surface area contributed by atoms with Crippen molar-refractivity contribution < 1.29 is 14.3 Å². The zero-order valence-corrected chi connectivity index (χ0v) is 12.0. The predicted octanol–water partition coefficient (Wildman–Crippen LogP) is 3.15. The van der Waals surface area contributed by atoms with E-state index < -0.39 is 11.8 Å². The first-order chi connectivity index (χ1) is 8.90. The van der Waals surface area contributed by atoms with E-state index in [1.807, 2.05) is 13.8 Å². The van der Waals surface area contributed by atoms with Crippen LogP contribution in [0.15, 0.2) is 22.7 Å². The van der Waals surface area contributed by atoms with E-state index in [1.165, 1.54) is 18.2 Å². The average molecular weight is 327 g/mol. The number of halogens is 2. The lowest BCUT2D eigenvalue weighted by Gasteiger charge is -2.07. The van der Waals surface area contributed by atoms with Crippen LogP contribution in [0.1, 0.15) is 27.3 Å². The maximum absolute atomic E-state index is 13.7. The molecule has 0 spiro atoms. The van der Waals surface area contributed by atoms with E-state index >= 15 is 0 Å². The minimum absolute atomic E-state index is 0.0667. The molecule has 0 aliphatic carbocycles. The lowest BCUT2D eigenvalue weighted by atomic mass is 10.1. The van der Waals surface area contributed by atoms with Crippen molar-refractivity contribution in [1.82, 2.24) is 9.78 Å². The van der Waals surface area contributed by atoms with Crippen molar-refractivity contribution in [3.63, 3.8) is 0 Å². The zero-order chi connectivity index (χ0) is 14.2. The number of carboxylic acids is 1. The van der Waals surface area contributed by atoms with E-state index in [-0.39, 0.29) is 12.1 Å². The first-order valence-corrected chi connectivity index (χ1v) is 6.40. The lowest BCUT2D eigenvalue weighted by Crippen LogP contribution is -2.07. The molecule has 1 N–H and O–H groups in total. The summed E-state index contributed by atoms with van der Waals surface area (Å²) in [5.74, 6) is -1.51. The molecular formula is C13H12BrFN2O2. The SMILES string of the molecule is Cc1nn(Cc2cc(C(=O)O)ccc2F)c(C)c1Br. The Kier molecular flexibility index (Phi) is 3.71. The second-order valence-electron chi connectivity index (χ2n) is 4.25. The topological polar surface area (TPSA) is 55.1 Å². The van der Waals surface area contributed by atoms with Gasteiger partial charge in [0.2, 0.25) is 0 Å². The summed E-state index contributed by atoms with van der Waals surface area (Å²) in [4.78, 5) is 10.9. The summed E-state index contributed by atoms with van der Waals surface area (Å²) in [6, 6.07) is 3.75. The summed E-state index contributed by atoms with van der Waals surface area (Å²) in [5.41, 5.74) is 2.06. The summed E-state index contributed by atoms with van der Waals surface area (Å²) in [6.07, 6.45) is 0. The fourth-order valence-corrected chi connectivity index (χ4v) is 2.10. The van der Waals surface area contributed by atoms with Crippen molar-refractivity contribution >= 4 is 21.9 Å². The fourth-order valence-electron chi connectivity index (χ4n) is 1.82. The first kappa shape index (κ1) is 13.7. The maximum Gasteiger partial charge on any atom is 0.335 e. The molecule has 0 saturated heterocycles. The normalized spacial score (nSPS) is 10.7. The van der Waals surface area contributed by atoms with Crippen LogP contribution in [0.2, 0.25) is 0 Å². The van der Waals surface area contributed by atoms with Gasteiger partial charge in [0.1, 0.15) is 5.82 Å². The van der Waals surface area contributed by atoms with Gasteiger partial charge >= 0.3 is 5.97 Å². The number of benzene rings is 1. The molecule has 0 amide bonds. The number of aromatic carboxylic acids is 1. The van der Waals surface area contributed by atoms with E-state index in [4.69, 9.17) is 5.11 Å². The molecule has 100 valence electrons. The van der Waals surface area contributed by atoms with E-state index in [2.05, 4.69) is 21.0 Å². The molecule has 19 heavy (non-hydrogen) atoms. The molecule has 0 bridgehead atoms. The molecule has 0 radical (unpaired) electrons. The Labute approximate surface area is 118 Å². The standard InChI is InChI=1S/C13H12BrFN2O2/c1-7-12(14)8(2)17(16-7)6-10-5-9(13(18)19)3-4-11(10)15/h3-5H,6H2,1-2H3,(H,18,19). The maximum atomic E-state index is 13.7. The smallest absolute Gasteiger partial charge is 0.335 e. The number of aromatic nitrogens is 2. The van der Waals surface area contributed by atoms with Crippen LogP contribution in [0, 0.1) is 19.7 Å². The summed E-state index contributed by atoms with van der Waals surface area (Å²) < 4.78 is 16.2. The summed E-state index contributed by atoms with van der Waals surface area (Å²) in [7, 11) is 0. The number of hydrogen-bond acceptors (Lipinski definition) is 2. The highest BCUT2D eigenvalue weighted by Gasteiger charge is 2.13. The molecule has 0 aliphatic heterocycles. The molecule has 0 aliphatic rings. The van der Waals surface area contributed by atoms with E-state index in [1.54, 1.807) is 4.68 Å². The van der Waals surface area contributed by atoms with Gasteiger partial charge in [-0.3, -0.25) is 4.68 Å². The second kappa shape index (κ2) is 5.13. The van der Waals surface area contributed by atoms with Crippen molar-refractivity contribution in [1.29, 1.82) is 0 Å². The minimum atomic E-state index is -1.07. The number of carbonyl (C=O) groups is 1. The van der Waals surface area contributed by atoms with Gasteiger partial charge in [0.15, 0.2) is 0 Å². The Bertz CT molecular complexity index is 652. The monoisotopic (exact) mass is 326 g/mol. The second-order valence-corrected chi connectivity index (χ2v) is 5.05. The molecule has 0 saturated carbocycles. The van der Waals surface area contributed by atoms with E-state index in [0.717, 1.165) is 15.9 Å². The van der Waals surface area contributed by atoms with Crippen molar-refractivity contribution in [2.45, 2.75) is 20.4 Å². The highest BCUT2D eigenvalue weighted by Crippen LogP contribution is 2.21. The van der Waals surface area contributed by atoms with Gasteiger partial charge in [0.05, 0.1) is 28.0 Å². The Morgan fingerprint density at radius 3 is 2.68 bits per heavy atom. The van der Waals surface area contributed by atoms with Crippen LogP contribution < -0.4 is 0 Å². The molecule has 4 nitrogen and oxygen atoms in total. The van der Waals surface area contributed by atoms with Gasteiger partial charge < -0.3 is 5.11 Å². The molecule has 1 aromatic carbocycles. The summed E-state index contributed by atoms with van der Waals surface area (Å²) in [5, 5.41) is 13.2. The summed E-state index contributed by atoms with van der Waals surface area (Å²) >= 11 is 3.40. The van der Waals surface area contributed by atoms with E-state index in [0.29, 0.717) is 5.56 Å². The third-order valence-corrected chi connectivity index (χ3v) is 4.05. The Balaban J connectivity index is 2.40. The minimum Gasteiger partial charge on any atom is -0.478 e. The number of aryl methyl sites for hydroxylation is 1. The first-order valence-electron chi connectivity index (χ1n) is 5.61. The summed E-state index contributed by atoms with van der Waals surface area (Å²) in [6.45, 7) is 3.91. The number of hydrogen-bond donors (Lipinski definition) is 1. The quantitative estimate of drug-likeness (QED) is 0.942. The molecule has 0 unspecified atom stereocenters. The molecule has 1 aromatic heterocycles. The lowest BCUT2D eigenvalue weighted by molar-refractivity contribution is 0.0696. The average Bonchev–Trinajstić information content (AvgIpc) is 2.59. The molecule has 6 heteroatoms. The number of carboxylic acid groups (broad SMARTS) is 1. The highest BCUT2D eigenvalue weighted by molar-refractivity contribution is 9.10. The molecule has 0 atom stereocenters. The predicted molar refractivity (Wildman–Crippen MR) is 71.9 cm³/mol. The van der Waals surface area contributed by atoms with Crippen LogP contribution in [0.5, 0.6) is 0 Å². The van der Waals surface area contributed by atoms with Crippen molar-refractivity contribution in [2.75, 3.05) is 0 Å². The van der Waals surface area contributed by atoms with E-state index in [9.17, 15) is 9.18 Å². The largest absolute Gasteiger partial charge is 0.478 e. The molecule has 1 heterocycles. The fraction of sp³-hybridized carbons (Fsp3) is 0.231. The van der Waals surface area contributed by atoms with Crippen LogP contribution in [-0.4, -0.2) is 20.9 Å². The number of nitrogens with zero attached hydrogens (tertiary/aromatic N) is 2.